The van der Waals surface area contributed by atoms with E-state index < -0.39 is 10.8 Å². The van der Waals surface area contributed by atoms with Crippen LogP contribution in [0, 0.1) is 17.0 Å². The third-order valence-corrected chi connectivity index (χ3v) is 4.69. The smallest absolute Gasteiger partial charge is 0.267 e. The Morgan fingerprint density at radius 1 is 1.35 bits per heavy atom. The van der Waals surface area contributed by atoms with Crippen molar-refractivity contribution in [3.8, 4) is 0 Å². The number of hydrogen-bond acceptors (Lipinski definition) is 5. The molecule has 0 bridgehead atoms. The second kappa shape index (κ2) is 7.15. The fraction of sp³-hybridized carbons (Fsp3) is 0.250. The number of nitrogens with one attached hydrogen (secondary N) is 1. The molecule has 1 aromatic heterocycles. The number of hydrazone groups is 1. The van der Waals surface area contributed by atoms with E-state index >= 15 is 0 Å². The molecule has 23 heavy (non-hydrogen) atoms. The summed E-state index contributed by atoms with van der Waals surface area (Å²) in [6.45, 7) is 5.51. The van der Waals surface area contributed by atoms with Gasteiger partial charge in [0.25, 0.3) is 11.6 Å². The molecule has 0 aliphatic rings. The van der Waals surface area contributed by atoms with Gasteiger partial charge in [0, 0.05) is 22.1 Å². The molecule has 2 aromatic rings. The molecule has 6 nitrogen and oxygen atoms in total. The van der Waals surface area contributed by atoms with Crippen LogP contribution in [0.2, 0.25) is 0 Å². The molecule has 0 fully saturated rings. The molecule has 1 heterocycles. The lowest BCUT2D eigenvalue weighted by molar-refractivity contribution is -0.385. The number of hydrogen-bond donors (Lipinski definition) is 1. The van der Waals surface area contributed by atoms with Crippen molar-refractivity contribution in [1.29, 1.82) is 0 Å². The van der Waals surface area contributed by atoms with Gasteiger partial charge < -0.3 is 0 Å². The van der Waals surface area contributed by atoms with Crippen LogP contribution in [0.1, 0.15) is 39.5 Å². The average molecular weight is 331 g/mol. The molecular formula is C16H17N3O3S. The summed E-state index contributed by atoms with van der Waals surface area (Å²) in [6, 6.07) is 8.25. The Hall–Kier alpha value is -2.54. The van der Waals surface area contributed by atoms with E-state index in [2.05, 4.69) is 17.5 Å². The van der Waals surface area contributed by atoms with Gasteiger partial charge in [0.1, 0.15) is 0 Å². The highest BCUT2D eigenvalue weighted by Crippen LogP contribution is 2.19. The SMILES string of the molecule is CCc1ccc(C(C)=NNC(=O)c2ccc([N+](=O)[O-])c(C)c2)s1. The van der Waals surface area contributed by atoms with Crippen LogP contribution in [-0.4, -0.2) is 16.5 Å². The van der Waals surface area contributed by atoms with Crippen LogP contribution < -0.4 is 5.43 Å². The predicted molar refractivity (Wildman–Crippen MR) is 91.2 cm³/mol. The minimum atomic E-state index is -0.471. The monoisotopic (exact) mass is 331 g/mol. The van der Waals surface area contributed by atoms with Gasteiger partial charge in [-0.3, -0.25) is 14.9 Å². The standard InChI is InChI=1S/C16H17N3O3S/c1-4-13-6-8-15(23-13)11(3)17-18-16(20)12-5-7-14(19(21)22)10(2)9-12/h5-9H,4H2,1-3H3,(H,18,20). The van der Waals surface area contributed by atoms with Crippen LogP contribution in [0.4, 0.5) is 5.69 Å². The van der Waals surface area contributed by atoms with E-state index in [1.165, 1.54) is 23.1 Å². The number of carbonyl (C=O) groups excluding carboxylic acids is 1. The Balaban J connectivity index is 2.11. The maximum absolute atomic E-state index is 12.1. The fourth-order valence-electron chi connectivity index (χ4n) is 2.02. The van der Waals surface area contributed by atoms with Crippen molar-refractivity contribution in [2.75, 3.05) is 0 Å². The zero-order valence-electron chi connectivity index (χ0n) is 13.1. The quantitative estimate of drug-likeness (QED) is 0.515. The molecule has 1 amide bonds. The number of nitro groups is 1. The molecule has 120 valence electrons. The molecule has 0 aliphatic heterocycles. The highest BCUT2D eigenvalue weighted by atomic mass is 32.1. The number of carbonyl (C=O) groups is 1. The summed E-state index contributed by atoms with van der Waals surface area (Å²) in [4.78, 5) is 24.7. The van der Waals surface area contributed by atoms with Crippen molar-refractivity contribution in [1.82, 2.24) is 5.43 Å². The van der Waals surface area contributed by atoms with Crippen LogP contribution in [0.15, 0.2) is 35.4 Å². The van der Waals surface area contributed by atoms with E-state index in [4.69, 9.17) is 0 Å². The van der Waals surface area contributed by atoms with Crippen LogP contribution in [0.3, 0.4) is 0 Å². The lowest BCUT2D eigenvalue weighted by Crippen LogP contribution is -2.19. The minimum absolute atomic E-state index is 0.00749. The van der Waals surface area contributed by atoms with Gasteiger partial charge in [-0.1, -0.05) is 6.92 Å². The molecule has 0 atom stereocenters. The summed E-state index contributed by atoms with van der Waals surface area (Å²) >= 11 is 1.64. The normalized spacial score (nSPS) is 11.3. The molecule has 0 unspecified atom stereocenters. The Morgan fingerprint density at radius 3 is 2.65 bits per heavy atom. The number of nitrogens with zero attached hydrogens (tertiary/aromatic N) is 2. The molecule has 0 radical (unpaired) electrons. The van der Waals surface area contributed by atoms with Gasteiger partial charge in [0.15, 0.2) is 0 Å². The van der Waals surface area contributed by atoms with E-state index in [-0.39, 0.29) is 5.69 Å². The first kappa shape index (κ1) is 16.8. The summed E-state index contributed by atoms with van der Waals surface area (Å²) in [6.07, 6.45) is 0.965. The van der Waals surface area contributed by atoms with E-state index in [9.17, 15) is 14.9 Å². The third kappa shape index (κ3) is 4.01. The molecule has 0 spiro atoms. The highest BCUT2D eigenvalue weighted by molar-refractivity contribution is 7.14. The minimum Gasteiger partial charge on any atom is -0.267 e. The lowest BCUT2D eigenvalue weighted by atomic mass is 10.1. The van der Waals surface area contributed by atoms with Crippen molar-refractivity contribution >= 4 is 28.6 Å². The van der Waals surface area contributed by atoms with Gasteiger partial charge >= 0.3 is 0 Å². The van der Waals surface area contributed by atoms with Gasteiger partial charge in [-0.15, -0.1) is 11.3 Å². The van der Waals surface area contributed by atoms with E-state index in [0.29, 0.717) is 11.1 Å². The van der Waals surface area contributed by atoms with Crippen LogP contribution in [0.5, 0.6) is 0 Å². The Bertz CT molecular complexity index is 781. The maximum Gasteiger partial charge on any atom is 0.272 e. The summed E-state index contributed by atoms with van der Waals surface area (Å²) in [5.41, 5.74) is 3.98. The van der Waals surface area contributed by atoms with Crippen molar-refractivity contribution in [2.24, 2.45) is 5.10 Å². The molecule has 0 saturated carbocycles. The van der Waals surface area contributed by atoms with Crippen molar-refractivity contribution in [3.63, 3.8) is 0 Å². The van der Waals surface area contributed by atoms with Crippen LogP contribution in [0.25, 0.3) is 0 Å². The first-order valence-electron chi connectivity index (χ1n) is 7.11. The third-order valence-electron chi connectivity index (χ3n) is 3.35. The number of amides is 1. The maximum atomic E-state index is 12.1. The lowest BCUT2D eigenvalue weighted by Gasteiger charge is -2.03. The molecule has 1 N–H and O–H groups in total. The molecule has 1 aromatic carbocycles. The number of nitro benzene ring substituents is 1. The van der Waals surface area contributed by atoms with Gasteiger partial charge in [-0.05, 0) is 44.5 Å². The summed E-state index contributed by atoms with van der Waals surface area (Å²) < 4.78 is 0. The molecule has 0 aliphatic carbocycles. The van der Waals surface area contributed by atoms with E-state index in [1.54, 1.807) is 18.3 Å². The average Bonchev–Trinajstić information content (AvgIpc) is 3.00. The Morgan fingerprint density at radius 2 is 2.09 bits per heavy atom. The first-order valence-corrected chi connectivity index (χ1v) is 7.92. The fourth-order valence-corrected chi connectivity index (χ4v) is 2.91. The summed E-state index contributed by atoms with van der Waals surface area (Å²) in [5.74, 6) is -0.394. The second-order valence-electron chi connectivity index (χ2n) is 5.02. The Kier molecular flexibility index (Phi) is 5.23. The predicted octanol–water partition coefficient (Wildman–Crippen LogP) is 3.68. The van der Waals surface area contributed by atoms with Gasteiger partial charge in [-0.2, -0.15) is 5.10 Å². The number of thiophene rings is 1. The molecule has 7 heteroatoms. The Labute approximate surface area is 138 Å². The molecular weight excluding hydrogens is 314 g/mol. The largest absolute Gasteiger partial charge is 0.272 e. The van der Waals surface area contributed by atoms with Gasteiger partial charge in [-0.25, -0.2) is 5.43 Å². The first-order chi connectivity index (χ1) is 10.9. The molecule has 2 rings (SSSR count). The number of rotatable bonds is 5. The van der Waals surface area contributed by atoms with Crippen molar-refractivity contribution in [2.45, 2.75) is 27.2 Å². The van der Waals surface area contributed by atoms with Gasteiger partial charge in [0.2, 0.25) is 0 Å². The summed E-state index contributed by atoms with van der Waals surface area (Å²) in [5, 5.41) is 14.9. The van der Waals surface area contributed by atoms with E-state index in [1.807, 2.05) is 19.1 Å². The highest BCUT2D eigenvalue weighted by Gasteiger charge is 2.13. The topological polar surface area (TPSA) is 84.6 Å². The second-order valence-corrected chi connectivity index (χ2v) is 6.18. The summed E-state index contributed by atoms with van der Waals surface area (Å²) in [7, 11) is 0. The zero-order chi connectivity index (χ0) is 17.0. The van der Waals surface area contributed by atoms with Crippen molar-refractivity contribution in [3.05, 3.63) is 61.3 Å². The number of benzene rings is 1. The van der Waals surface area contributed by atoms with Gasteiger partial charge in [0.05, 0.1) is 15.5 Å². The molecule has 0 saturated heterocycles. The number of aryl methyl sites for hydroxylation is 2. The van der Waals surface area contributed by atoms with Crippen LogP contribution in [-0.2, 0) is 6.42 Å². The zero-order valence-corrected chi connectivity index (χ0v) is 13.9. The van der Waals surface area contributed by atoms with E-state index in [0.717, 1.165) is 17.0 Å². The van der Waals surface area contributed by atoms with Crippen LogP contribution >= 0.6 is 11.3 Å². The van der Waals surface area contributed by atoms with Crippen molar-refractivity contribution < 1.29 is 9.72 Å².